The first kappa shape index (κ1) is 9.28. The molecule has 1 aromatic carbocycles. The maximum atomic E-state index is 10.0. The predicted molar refractivity (Wildman–Crippen MR) is 66.2 cm³/mol. The topological polar surface area (TPSA) is 32.3 Å². The Kier molecular flexibility index (Phi) is 2.07. The van der Waals surface area contributed by atoms with Gasteiger partial charge in [-0.3, -0.25) is 0 Å². The van der Waals surface area contributed by atoms with Crippen molar-refractivity contribution in [2.24, 2.45) is 5.92 Å². The number of fused-ring (bicyclic) bond motifs is 2. The van der Waals surface area contributed by atoms with Gasteiger partial charge in [-0.25, -0.2) is 0 Å². The number of allylic oxidation sites excluding steroid dienone is 2. The van der Waals surface area contributed by atoms with Crippen LogP contribution in [-0.4, -0.2) is 11.1 Å². The van der Waals surface area contributed by atoms with E-state index in [2.05, 4.69) is 17.5 Å². The highest BCUT2D eigenvalue weighted by atomic mass is 16.3. The molecule has 0 aromatic heterocycles. The van der Waals surface area contributed by atoms with Gasteiger partial charge in [0.25, 0.3) is 0 Å². The van der Waals surface area contributed by atoms with Crippen LogP contribution in [0.25, 0.3) is 5.76 Å². The number of aliphatic hydroxyl groups excluding tert-OH is 1. The number of rotatable bonds is 0. The summed E-state index contributed by atoms with van der Waals surface area (Å²) in [4.78, 5) is 0. The summed E-state index contributed by atoms with van der Waals surface area (Å²) in [5, 5.41) is 13.5. The highest BCUT2D eigenvalue weighted by Gasteiger charge is 2.22. The number of aliphatic hydroxyl groups is 1. The van der Waals surface area contributed by atoms with E-state index >= 15 is 0 Å². The fourth-order valence-corrected chi connectivity index (χ4v) is 2.21. The van der Waals surface area contributed by atoms with E-state index in [-0.39, 0.29) is 12.0 Å². The van der Waals surface area contributed by atoms with Crippen molar-refractivity contribution in [1.82, 2.24) is 0 Å². The summed E-state index contributed by atoms with van der Waals surface area (Å²) < 4.78 is 0. The number of nitrogens with one attached hydrogen (secondary N) is 1. The molecule has 0 saturated heterocycles. The van der Waals surface area contributed by atoms with Gasteiger partial charge < -0.3 is 10.4 Å². The lowest BCUT2D eigenvalue weighted by Gasteiger charge is -2.21. The smallest absolute Gasteiger partial charge is 0.121 e. The van der Waals surface area contributed by atoms with Crippen LogP contribution >= 0.6 is 0 Å². The van der Waals surface area contributed by atoms with Crippen molar-refractivity contribution >= 4 is 11.4 Å². The molecule has 16 heavy (non-hydrogen) atoms. The molecule has 1 aliphatic heterocycles. The van der Waals surface area contributed by atoms with Gasteiger partial charge in [0.05, 0.1) is 6.04 Å². The van der Waals surface area contributed by atoms with Gasteiger partial charge in [-0.05, 0) is 18.2 Å². The van der Waals surface area contributed by atoms with E-state index in [9.17, 15) is 5.11 Å². The lowest BCUT2D eigenvalue weighted by molar-refractivity contribution is 0.507. The predicted octanol–water partition coefficient (Wildman–Crippen LogP) is 3.12. The van der Waals surface area contributed by atoms with Crippen molar-refractivity contribution in [2.75, 3.05) is 5.32 Å². The van der Waals surface area contributed by atoms with Crippen molar-refractivity contribution in [3.05, 3.63) is 60.2 Å². The van der Waals surface area contributed by atoms with Crippen molar-refractivity contribution in [2.45, 2.75) is 6.04 Å². The average Bonchev–Trinajstić information content (AvgIpc) is 2.45. The third-order valence-corrected chi connectivity index (χ3v) is 3.05. The lowest BCUT2D eigenvalue weighted by Crippen LogP contribution is -2.25. The van der Waals surface area contributed by atoms with Crippen LogP contribution in [0, 0.1) is 5.92 Å². The first-order valence-corrected chi connectivity index (χ1v) is 5.46. The maximum Gasteiger partial charge on any atom is 0.121 e. The molecule has 0 saturated carbocycles. The monoisotopic (exact) mass is 211 g/mol. The maximum absolute atomic E-state index is 10.0. The van der Waals surface area contributed by atoms with Crippen LogP contribution in [0.1, 0.15) is 5.56 Å². The Hall–Kier alpha value is -1.96. The van der Waals surface area contributed by atoms with Crippen LogP contribution in [0.4, 0.5) is 5.69 Å². The van der Waals surface area contributed by atoms with E-state index in [4.69, 9.17) is 0 Å². The summed E-state index contributed by atoms with van der Waals surface area (Å²) in [6.45, 7) is 0. The number of para-hydroxylation sites is 1. The molecule has 2 nitrogen and oxygen atoms in total. The molecule has 2 aliphatic rings. The summed E-state index contributed by atoms with van der Waals surface area (Å²) in [6, 6.07) is 8.07. The van der Waals surface area contributed by atoms with Crippen LogP contribution in [-0.2, 0) is 0 Å². The first-order chi connectivity index (χ1) is 7.84. The third-order valence-electron chi connectivity index (χ3n) is 3.05. The van der Waals surface area contributed by atoms with Crippen LogP contribution in [0.3, 0.4) is 0 Å². The quantitative estimate of drug-likeness (QED) is 0.691. The largest absolute Gasteiger partial charge is 0.508 e. The Morgan fingerprint density at radius 2 is 1.88 bits per heavy atom. The normalized spacial score (nSPS) is 26.1. The third kappa shape index (κ3) is 1.43. The van der Waals surface area contributed by atoms with Gasteiger partial charge in [0, 0.05) is 17.2 Å². The number of anilines is 1. The Bertz CT molecular complexity index is 499. The second-order valence-electron chi connectivity index (χ2n) is 4.11. The van der Waals surface area contributed by atoms with Crippen LogP contribution < -0.4 is 5.32 Å². The van der Waals surface area contributed by atoms with Crippen molar-refractivity contribution < 1.29 is 5.11 Å². The molecule has 0 spiro atoms. The molecule has 0 radical (unpaired) electrons. The van der Waals surface area contributed by atoms with Gasteiger partial charge in [0.1, 0.15) is 5.76 Å². The zero-order valence-electron chi connectivity index (χ0n) is 8.80. The van der Waals surface area contributed by atoms with E-state index in [1.165, 1.54) is 0 Å². The van der Waals surface area contributed by atoms with Gasteiger partial charge in [-0.1, -0.05) is 36.4 Å². The Morgan fingerprint density at radius 1 is 1.06 bits per heavy atom. The lowest BCUT2D eigenvalue weighted by atomic mass is 9.95. The molecule has 1 aliphatic carbocycles. The highest BCUT2D eigenvalue weighted by Crippen LogP contribution is 2.31. The standard InChI is InChI=1S/C14H13NO/c16-14-9-10-5-1-3-7-12(10)15-13-8-4-2-6-11(13)14/h1-10,12,15-16H. The molecule has 1 heterocycles. The van der Waals surface area contributed by atoms with Gasteiger partial charge in [0.15, 0.2) is 0 Å². The molecular formula is C14H13NO. The summed E-state index contributed by atoms with van der Waals surface area (Å²) in [5.41, 5.74) is 1.86. The minimum Gasteiger partial charge on any atom is -0.508 e. The minimum atomic E-state index is 0.220. The van der Waals surface area contributed by atoms with E-state index in [1.807, 2.05) is 42.5 Å². The molecule has 3 rings (SSSR count). The van der Waals surface area contributed by atoms with Gasteiger partial charge >= 0.3 is 0 Å². The molecule has 80 valence electrons. The van der Waals surface area contributed by atoms with E-state index in [1.54, 1.807) is 0 Å². The number of hydrogen-bond acceptors (Lipinski definition) is 2. The molecular weight excluding hydrogens is 198 g/mol. The molecule has 0 bridgehead atoms. The zero-order valence-corrected chi connectivity index (χ0v) is 8.80. The Morgan fingerprint density at radius 3 is 2.81 bits per heavy atom. The van der Waals surface area contributed by atoms with Crippen LogP contribution in [0.2, 0.25) is 0 Å². The Labute approximate surface area is 94.6 Å². The van der Waals surface area contributed by atoms with Crippen molar-refractivity contribution in [3.63, 3.8) is 0 Å². The van der Waals surface area contributed by atoms with Gasteiger partial charge in [0.2, 0.25) is 0 Å². The van der Waals surface area contributed by atoms with Crippen LogP contribution in [0.15, 0.2) is 54.6 Å². The molecule has 0 fully saturated rings. The summed E-state index contributed by atoms with van der Waals surface area (Å²) in [7, 11) is 0. The van der Waals surface area contributed by atoms with Crippen molar-refractivity contribution in [1.29, 1.82) is 0 Å². The molecule has 2 heteroatoms. The fourth-order valence-electron chi connectivity index (χ4n) is 2.21. The molecule has 2 unspecified atom stereocenters. The molecule has 0 amide bonds. The summed E-state index contributed by atoms with van der Waals surface area (Å²) in [6.07, 6.45) is 10.2. The van der Waals surface area contributed by atoms with Gasteiger partial charge in [-0.15, -0.1) is 0 Å². The fraction of sp³-hybridized carbons (Fsp3) is 0.143. The van der Waals surface area contributed by atoms with Crippen molar-refractivity contribution in [3.8, 4) is 0 Å². The van der Waals surface area contributed by atoms with E-state index in [0.29, 0.717) is 5.76 Å². The van der Waals surface area contributed by atoms with Crippen LogP contribution in [0.5, 0.6) is 0 Å². The minimum absolute atomic E-state index is 0.220. The van der Waals surface area contributed by atoms with E-state index < -0.39 is 0 Å². The SMILES string of the molecule is OC1=CC2C=CC=CC2Nc2ccccc21. The summed E-state index contributed by atoms with van der Waals surface area (Å²) in [5.74, 6) is 0.577. The summed E-state index contributed by atoms with van der Waals surface area (Å²) >= 11 is 0. The van der Waals surface area contributed by atoms with Gasteiger partial charge in [-0.2, -0.15) is 0 Å². The molecule has 1 aromatic rings. The molecule has 2 N–H and O–H groups in total. The second kappa shape index (κ2) is 3.56. The Balaban J connectivity index is 2.10. The second-order valence-corrected chi connectivity index (χ2v) is 4.11. The molecule has 2 atom stereocenters. The highest BCUT2D eigenvalue weighted by molar-refractivity contribution is 5.74. The van der Waals surface area contributed by atoms with E-state index in [0.717, 1.165) is 11.3 Å². The zero-order chi connectivity index (χ0) is 11.0. The first-order valence-electron chi connectivity index (χ1n) is 5.46. The number of hydrogen-bond donors (Lipinski definition) is 2. The average molecular weight is 211 g/mol. The number of benzene rings is 1.